The van der Waals surface area contributed by atoms with Crippen molar-refractivity contribution in [3.63, 3.8) is 0 Å². The van der Waals surface area contributed by atoms with Crippen LogP contribution in [0.3, 0.4) is 0 Å². The first-order valence-electron chi connectivity index (χ1n) is 7.06. The summed E-state index contributed by atoms with van der Waals surface area (Å²) in [6, 6.07) is 3.02. The molecule has 0 bridgehead atoms. The fourth-order valence-electron chi connectivity index (χ4n) is 2.43. The van der Waals surface area contributed by atoms with Gasteiger partial charge in [0.2, 0.25) is 0 Å². The number of phenols is 1. The van der Waals surface area contributed by atoms with Gasteiger partial charge in [0.05, 0.1) is 28.3 Å². The van der Waals surface area contributed by atoms with Gasteiger partial charge in [0.1, 0.15) is 11.5 Å². The van der Waals surface area contributed by atoms with Crippen LogP contribution >= 0.6 is 0 Å². The number of aromatic nitrogens is 1. The average molecular weight is 319 g/mol. The minimum Gasteiger partial charge on any atom is -0.507 e. The Bertz CT molecular complexity index is 734. The molecule has 8 heteroatoms. The lowest BCUT2D eigenvalue weighted by atomic mass is 10.0. The highest BCUT2D eigenvalue weighted by molar-refractivity contribution is 5.97. The minimum absolute atomic E-state index is 0.0270. The number of aromatic hydroxyl groups is 1. The third-order valence-electron chi connectivity index (χ3n) is 3.59. The molecule has 0 saturated carbocycles. The molecule has 0 radical (unpaired) electrons. The first-order valence-corrected chi connectivity index (χ1v) is 7.06. The molecule has 2 aromatic rings. The predicted molar refractivity (Wildman–Crippen MR) is 81.2 cm³/mol. The molecule has 1 heterocycles. The molecular formula is C15H17N3O5. The van der Waals surface area contributed by atoms with Gasteiger partial charge in [-0.2, -0.15) is 0 Å². The predicted octanol–water partition coefficient (Wildman–Crippen LogP) is 2.79. The van der Waals surface area contributed by atoms with Crippen LogP contribution in [0.2, 0.25) is 0 Å². The van der Waals surface area contributed by atoms with Gasteiger partial charge in [-0.25, -0.2) is 0 Å². The second-order valence-electron chi connectivity index (χ2n) is 5.13. The van der Waals surface area contributed by atoms with Crippen LogP contribution in [0.25, 0.3) is 0 Å². The van der Waals surface area contributed by atoms with Gasteiger partial charge in [-0.1, -0.05) is 12.1 Å². The number of hydrogen-bond acceptors (Lipinski definition) is 6. The van der Waals surface area contributed by atoms with Crippen LogP contribution in [0.4, 0.5) is 5.69 Å². The van der Waals surface area contributed by atoms with E-state index in [1.807, 2.05) is 6.92 Å². The Balaban J connectivity index is 2.25. The maximum absolute atomic E-state index is 12.3. The van der Waals surface area contributed by atoms with Crippen molar-refractivity contribution in [1.29, 1.82) is 0 Å². The molecule has 2 rings (SSSR count). The van der Waals surface area contributed by atoms with Gasteiger partial charge in [0.25, 0.3) is 11.6 Å². The summed E-state index contributed by atoms with van der Waals surface area (Å²) in [6.07, 6.45) is 0.600. The van der Waals surface area contributed by atoms with E-state index in [1.165, 1.54) is 12.1 Å². The van der Waals surface area contributed by atoms with Crippen LogP contribution in [0.15, 0.2) is 22.7 Å². The Kier molecular flexibility index (Phi) is 4.63. The highest BCUT2D eigenvalue weighted by Crippen LogP contribution is 2.27. The summed E-state index contributed by atoms with van der Waals surface area (Å²) in [7, 11) is 0. The van der Waals surface area contributed by atoms with Crippen LogP contribution in [0, 0.1) is 24.0 Å². The van der Waals surface area contributed by atoms with Gasteiger partial charge in [-0.15, -0.1) is 0 Å². The molecule has 0 unspecified atom stereocenters. The maximum atomic E-state index is 12.3. The molecule has 23 heavy (non-hydrogen) atoms. The Morgan fingerprint density at radius 3 is 2.65 bits per heavy atom. The van der Waals surface area contributed by atoms with Crippen molar-refractivity contribution in [1.82, 2.24) is 10.5 Å². The summed E-state index contributed by atoms with van der Waals surface area (Å²) in [5, 5.41) is 27.2. The molecule has 1 atom stereocenters. The number of nitro benzene ring substituents is 1. The first-order chi connectivity index (χ1) is 10.8. The van der Waals surface area contributed by atoms with E-state index >= 15 is 0 Å². The molecule has 1 aromatic heterocycles. The van der Waals surface area contributed by atoms with E-state index in [4.69, 9.17) is 4.52 Å². The van der Waals surface area contributed by atoms with Gasteiger partial charge >= 0.3 is 0 Å². The van der Waals surface area contributed by atoms with Crippen molar-refractivity contribution in [3.05, 3.63) is 50.9 Å². The van der Waals surface area contributed by atoms with E-state index < -0.39 is 16.6 Å². The third kappa shape index (κ3) is 3.31. The molecule has 0 spiro atoms. The lowest BCUT2D eigenvalue weighted by Gasteiger charge is -2.17. The summed E-state index contributed by atoms with van der Waals surface area (Å²) in [6.45, 7) is 5.43. The number of benzene rings is 1. The van der Waals surface area contributed by atoms with Gasteiger partial charge in [0, 0.05) is 11.6 Å². The zero-order valence-electron chi connectivity index (χ0n) is 13.0. The van der Waals surface area contributed by atoms with Crippen molar-refractivity contribution in [3.8, 4) is 5.75 Å². The Morgan fingerprint density at radius 2 is 2.17 bits per heavy atom. The zero-order chi connectivity index (χ0) is 17.1. The number of hydrogen-bond donors (Lipinski definition) is 2. The summed E-state index contributed by atoms with van der Waals surface area (Å²) in [5.74, 6) is -0.350. The molecule has 122 valence electrons. The summed E-state index contributed by atoms with van der Waals surface area (Å²) in [5.41, 5.74) is 1.17. The van der Waals surface area contributed by atoms with Crippen LogP contribution in [0.1, 0.15) is 46.8 Å². The first kappa shape index (κ1) is 16.5. The summed E-state index contributed by atoms with van der Waals surface area (Å²) >= 11 is 0. The highest BCUT2D eigenvalue weighted by Gasteiger charge is 2.23. The second kappa shape index (κ2) is 6.47. The number of nitrogens with zero attached hydrogens (tertiary/aromatic N) is 2. The Hall–Kier alpha value is -2.90. The normalized spacial score (nSPS) is 12.0. The number of amides is 1. The number of carbonyl (C=O) groups is 1. The van der Waals surface area contributed by atoms with Crippen LogP contribution < -0.4 is 5.32 Å². The van der Waals surface area contributed by atoms with E-state index in [1.54, 1.807) is 13.8 Å². The smallest absolute Gasteiger partial charge is 0.273 e. The van der Waals surface area contributed by atoms with Crippen molar-refractivity contribution in [2.24, 2.45) is 0 Å². The minimum atomic E-state index is -0.639. The van der Waals surface area contributed by atoms with Crippen molar-refractivity contribution in [2.75, 3.05) is 0 Å². The number of nitrogens with one attached hydrogen (secondary N) is 1. The van der Waals surface area contributed by atoms with Gasteiger partial charge in [-0.05, 0) is 26.3 Å². The van der Waals surface area contributed by atoms with Crippen LogP contribution in [-0.4, -0.2) is 21.1 Å². The summed E-state index contributed by atoms with van der Waals surface area (Å²) < 4.78 is 5.11. The van der Waals surface area contributed by atoms with Gasteiger partial charge in [-0.3, -0.25) is 14.9 Å². The molecule has 8 nitrogen and oxygen atoms in total. The van der Waals surface area contributed by atoms with E-state index in [2.05, 4.69) is 10.5 Å². The van der Waals surface area contributed by atoms with Crippen molar-refractivity contribution < 1.29 is 19.3 Å². The Morgan fingerprint density at radius 1 is 1.48 bits per heavy atom. The number of phenolic OH excluding ortho intramolecular Hbond substituents is 1. The van der Waals surface area contributed by atoms with Gasteiger partial charge in [0.15, 0.2) is 0 Å². The molecular weight excluding hydrogens is 302 g/mol. The lowest BCUT2D eigenvalue weighted by molar-refractivity contribution is -0.384. The third-order valence-corrected chi connectivity index (χ3v) is 3.59. The lowest BCUT2D eigenvalue weighted by Crippen LogP contribution is -2.28. The van der Waals surface area contributed by atoms with Crippen LogP contribution in [-0.2, 0) is 0 Å². The summed E-state index contributed by atoms with van der Waals surface area (Å²) in [4.78, 5) is 22.4. The standard InChI is InChI=1S/C15H17N3O5/c1-4-12(14-8(2)17-23-9(14)3)16-15(20)11-6-5-10(18(21)22)7-13(11)19/h5-7,12,19H,4H2,1-3H3,(H,16,20)/t12-/m0/s1. The number of rotatable bonds is 5. The van der Waals surface area contributed by atoms with E-state index in [0.717, 1.165) is 11.6 Å². The maximum Gasteiger partial charge on any atom is 0.273 e. The molecule has 0 aliphatic rings. The Labute approximate surface area is 132 Å². The number of non-ortho nitro benzene ring substituents is 1. The largest absolute Gasteiger partial charge is 0.507 e. The van der Waals surface area contributed by atoms with E-state index in [0.29, 0.717) is 17.9 Å². The molecule has 0 saturated heterocycles. The van der Waals surface area contributed by atoms with Crippen LogP contribution in [0.5, 0.6) is 5.75 Å². The molecule has 0 aliphatic heterocycles. The average Bonchev–Trinajstić information content (AvgIpc) is 2.83. The second-order valence-corrected chi connectivity index (χ2v) is 5.13. The van der Waals surface area contributed by atoms with Crippen molar-refractivity contribution >= 4 is 11.6 Å². The zero-order valence-corrected chi connectivity index (χ0v) is 13.0. The molecule has 1 amide bonds. The monoisotopic (exact) mass is 319 g/mol. The molecule has 1 aromatic carbocycles. The van der Waals surface area contributed by atoms with E-state index in [-0.39, 0.29) is 17.3 Å². The molecule has 0 fully saturated rings. The number of aryl methyl sites for hydroxylation is 2. The van der Waals surface area contributed by atoms with E-state index in [9.17, 15) is 20.0 Å². The SMILES string of the molecule is CC[C@H](NC(=O)c1ccc([N+](=O)[O-])cc1O)c1c(C)noc1C. The fraction of sp³-hybridized carbons (Fsp3) is 0.333. The topological polar surface area (TPSA) is 118 Å². The number of nitro groups is 1. The highest BCUT2D eigenvalue weighted by atomic mass is 16.6. The quantitative estimate of drug-likeness (QED) is 0.646. The van der Waals surface area contributed by atoms with Crippen molar-refractivity contribution in [2.45, 2.75) is 33.2 Å². The molecule has 0 aliphatic carbocycles. The fourth-order valence-corrected chi connectivity index (χ4v) is 2.43. The molecule has 2 N–H and O–H groups in total. The number of carbonyl (C=O) groups excluding carboxylic acids is 1. The van der Waals surface area contributed by atoms with Gasteiger partial charge < -0.3 is 14.9 Å².